The molecule has 3 aromatic rings. The minimum atomic E-state index is -0.500. The standard InChI is InChI=1S/C25H21ClN2O4/c1-15-12-13-16(26)14-18(15)27-23-22(17-8-4-6-10-20(17)31-2)24(29)28(25(23)30)19-9-5-7-11-21(19)32-3/h4-14,27H,1-3H3. The monoisotopic (exact) mass is 448 g/mol. The summed E-state index contributed by atoms with van der Waals surface area (Å²) in [7, 11) is 3.01. The Morgan fingerprint density at radius 2 is 1.50 bits per heavy atom. The van der Waals surface area contributed by atoms with Crippen LogP contribution in [0.15, 0.2) is 72.4 Å². The number of nitrogens with zero attached hydrogens (tertiary/aromatic N) is 1. The highest BCUT2D eigenvalue weighted by Crippen LogP contribution is 2.40. The fourth-order valence-corrected chi connectivity index (χ4v) is 3.82. The summed E-state index contributed by atoms with van der Waals surface area (Å²) in [5, 5.41) is 3.66. The summed E-state index contributed by atoms with van der Waals surface area (Å²) in [6.07, 6.45) is 0. The van der Waals surface area contributed by atoms with Crippen LogP contribution < -0.4 is 19.7 Å². The molecule has 162 valence electrons. The van der Waals surface area contributed by atoms with Crippen molar-refractivity contribution in [2.45, 2.75) is 6.92 Å². The molecular formula is C25H21ClN2O4. The van der Waals surface area contributed by atoms with E-state index in [1.54, 1.807) is 60.7 Å². The lowest BCUT2D eigenvalue weighted by molar-refractivity contribution is -0.120. The summed E-state index contributed by atoms with van der Waals surface area (Å²) < 4.78 is 10.9. The Bertz CT molecular complexity index is 1250. The first kappa shape index (κ1) is 21.5. The number of carbonyl (C=O) groups is 2. The number of imide groups is 1. The number of para-hydroxylation sites is 3. The molecule has 3 aromatic carbocycles. The fourth-order valence-electron chi connectivity index (χ4n) is 3.64. The number of ether oxygens (including phenoxy) is 2. The minimum absolute atomic E-state index is 0.135. The fraction of sp³-hybridized carbons (Fsp3) is 0.120. The van der Waals surface area contributed by atoms with Crippen molar-refractivity contribution in [2.75, 3.05) is 24.4 Å². The molecule has 32 heavy (non-hydrogen) atoms. The highest BCUT2D eigenvalue weighted by atomic mass is 35.5. The number of hydrogen-bond acceptors (Lipinski definition) is 5. The number of amides is 2. The topological polar surface area (TPSA) is 67.9 Å². The highest BCUT2D eigenvalue weighted by molar-refractivity contribution is 6.46. The first-order valence-electron chi connectivity index (χ1n) is 9.89. The lowest BCUT2D eigenvalue weighted by atomic mass is 10.0. The van der Waals surface area contributed by atoms with E-state index in [4.69, 9.17) is 21.1 Å². The van der Waals surface area contributed by atoms with E-state index in [2.05, 4.69) is 5.32 Å². The summed E-state index contributed by atoms with van der Waals surface area (Å²) >= 11 is 6.18. The zero-order valence-corrected chi connectivity index (χ0v) is 18.6. The van der Waals surface area contributed by atoms with Gasteiger partial charge in [0.2, 0.25) is 0 Å². The number of halogens is 1. The maximum Gasteiger partial charge on any atom is 0.282 e. The molecule has 1 heterocycles. The second-order valence-corrected chi connectivity index (χ2v) is 7.59. The number of nitrogens with one attached hydrogen (secondary N) is 1. The van der Waals surface area contributed by atoms with Crippen LogP contribution in [0.25, 0.3) is 5.57 Å². The molecule has 1 aliphatic rings. The SMILES string of the molecule is COc1ccccc1C1=C(Nc2cc(Cl)ccc2C)C(=O)N(c2ccccc2OC)C1=O. The van der Waals surface area contributed by atoms with Crippen molar-refractivity contribution in [1.29, 1.82) is 0 Å². The maximum absolute atomic E-state index is 13.7. The van der Waals surface area contributed by atoms with Crippen molar-refractivity contribution in [3.05, 3.63) is 88.6 Å². The van der Waals surface area contributed by atoms with Gasteiger partial charge in [0.15, 0.2) is 0 Å². The number of rotatable bonds is 6. The van der Waals surface area contributed by atoms with Gasteiger partial charge >= 0.3 is 0 Å². The molecule has 0 spiro atoms. The molecule has 0 aliphatic carbocycles. The van der Waals surface area contributed by atoms with Crippen molar-refractivity contribution >= 4 is 40.4 Å². The zero-order valence-electron chi connectivity index (χ0n) is 17.8. The van der Waals surface area contributed by atoms with E-state index < -0.39 is 11.8 Å². The molecule has 0 bridgehead atoms. The van der Waals surface area contributed by atoms with Gasteiger partial charge in [0.25, 0.3) is 11.8 Å². The van der Waals surface area contributed by atoms with Gasteiger partial charge in [0.05, 0.1) is 25.5 Å². The molecule has 0 aromatic heterocycles. The second kappa shape index (κ2) is 8.77. The average molecular weight is 449 g/mol. The molecule has 0 atom stereocenters. The number of methoxy groups -OCH3 is 2. The van der Waals surface area contributed by atoms with E-state index in [9.17, 15) is 9.59 Å². The van der Waals surface area contributed by atoms with Crippen LogP contribution in [0.4, 0.5) is 11.4 Å². The van der Waals surface area contributed by atoms with Gasteiger partial charge in [-0.15, -0.1) is 0 Å². The van der Waals surface area contributed by atoms with Crippen LogP contribution in [-0.2, 0) is 9.59 Å². The van der Waals surface area contributed by atoms with Gasteiger partial charge in [-0.2, -0.15) is 0 Å². The van der Waals surface area contributed by atoms with Gasteiger partial charge in [-0.05, 0) is 42.8 Å². The maximum atomic E-state index is 13.7. The van der Waals surface area contributed by atoms with Crippen LogP contribution in [0, 0.1) is 6.92 Å². The van der Waals surface area contributed by atoms with Crippen LogP contribution in [0.5, 0.6) is 11.5 Å². The Morgan fingerprint density at radius 3 is 2.22 bits per heavy atom. The Labute approximate surface area is 191 Å². The molecule has 7 heteroatoms. The second-order valence-electron chi connectivity index (χ2n) is 7.15. The highest BCUT2D eigenvalue weighted by Gasteiger charge is 2.42. The van der Waals surface area contributed by atoms with Crippen LogP contribution in [-0.4, -0.2) is 26.0 Å². The number of carbonyl (C=O) groups excluding carboxylic acids is 2. The number of hydrogen-bond donors (Lipinski definition) is 1. The van der Waals surface area contributed by atoms with E-state index >= 15 is 0 Å². The Morgan fingerprint density at radius 1 is 0.844 bits per heavy atom. The molecule has 2 amide bonds. The first-order valence-corrected chi connectivity index (χ1v) is 10.3. The summed E-state index contributed by atoms with van der Waals surface area (Å²) in [5.41, 5.74) is 2.71. The third-order valence-electron chi connectivity index (χ3n) is 5.25. The van der Waals surface area contributed by atoms with Crippen LogP contribution >= 0.6 is 11.6 Å². The molecule has 0 saturated carbocycles. The summed E-state index contributed by atoms with van der Waals surface area (Å²) in [6, 6.07) is 19.3. The molecule has 4 rings (SSSR count). The average Bonchev–Trinajstić information content (AvgIpc) is 3.05. The third-order valence-corrected chi connectivity index (χ3v) is 5.48. The number of benzene rings is 3. The van der Waals surface area contributed by atoms with E-state index in [1.807, 2.05) is 13.0 Å². The summed E-state index contributed by atoms with van der Waals surface area (Å²) in [4.78, 5) is 28.4. The lowest BCUT2D eigenvalue weighted by Crippen LogP contribution is -2.32. The third kappa shape index (κ3) is 3.69. The van der Waals surface area contributed by atoms with Crippen molar-refractivity contribution in [3.8, 4) is 11.5 Å². The van der Waals surface area contributed by atoms with Crippen LogP contribution in [0.3, 0.4) is 0 Å². The van der Waals surface area contributed by atoms with Crippen LogP contribution in [0.1, 0.15) is 11.1 Å². The minimum Gasteiger partial charge on any atom is -0.496 e. The predicted octanol–water partition coefficient (Wildman–Crippen LogP) is 5.06. The Kier molecular flexibility index (Phi) is 5.88. The van der Waals surface area contributed by atoms with E-state index in [1.165, 1.54) is 14.2 Å². The van der Waals surface area contributed by atoms with E-state index in [-0.39, 0.29) is 11.3 Å². The van der Waals surface area contributed by atoms with Crippen LogP contribution in [0.2, 0.25) is 5.02 Å². The van der Waals surface area contributed by atoms with Gasteiger partial charge < -0.3 is 14.8 Å². The molecule has 0 unspecified atom stereocenters. The van der Waals surface area contributed by atoms with Gasteiger partial charge in [-0.1, -0.05) is 48.0 Å². The van der Waals surface area contributed by atoms with Gasteiger partial charge in [0, 0.05) is 16.3 Å². The molecular weight excluding hydrogens is 428 g/mol. The lowest BCUT2D eigenvalue weighted by Gasteiger charge is -2.18. The zero-order chi connectivity index (χ0) is 22.8. The van der Waals surface area contributed by atoms with Crippen molar-refractivity contribution in [3.63, 3.8) is 0 Å². The number of anilines is 2. The Hall–Kier alpha value is -3.77. The van der Waals surface area contributed by atoms with E-state index in [0.717, 1.165) is 10.5 Å². The molecule has 0 saturated heterocycles. The van der Waals surface area contributed by atoms with E-state index in [0.29, 0.717) is 33.5 Å². The predicted molar refractivity (Wildman–Crippen MR) is 125 cm³/mol. The molecule has 0 fully saturated rings. The molecule has 1 N–H and O–H groups in total. The summed E-state index contributed by atoms with van der Waals surface area (Å²) in [5.74, 6) is -0.0904. The first-order chi connectivity index (χ1) is 15.5. The quantitative estimate of drug-likeness (QED) is 0.534. The molecule has 0 radical (unpaired) electrons. The van der Waals surface area contributed by atoms with Gasteiger partial charge in [0.1, 0.15) is 17.2 Å². The van der Waals surface area contributed by atoms with Crippen molar-refractivity contribution in [2.24, 2.45) is 0 Å². The van der Waals surface area contributed by atoms with Gasteiger partial charge in [-0.25, -0.2) is 4.90 Å². The Balaban J connectivity index is 1.91. The van der Waals surface area contributed by atoms with Crippen molar-refractivity contribution in [1.82, 2.24) is 0 Å². The normalized spacial score (nSPS) is 13.6. The smallest absolute Gasteiger partial charge is 0.282 e. The van der Waals surface area contributed by atoms with Gasteiger partial charge in [-0.3, -0.25) is 9.59 Å². The summed E-state index contributed by atoms with van der Waals surface area (Å²) in [6.45, 7) is 1.89. The van der Waals surface area contributed by atoms with Crippen molar-refractivity contribution < 1.29 is 19.1 Å². The molecule has 6 nitrogen and oxygen atoms in total. The number of aryl methyl sites for hydroxylation is 1. The largest absolute Gasteiger partial charge is 0.496 e. The molecule has 1 aliphatic heterocycles.